The zero-order valence-electron chi connectivity index (χ0n) is 9.12. The van der Waals surface area contributed by atoms with Crippen LogP contribution in [0, 0.1) is 0 Å². The first-order valence-electron chi connectivity index (χ1n) is 4.89. The van der Waals surface area contributed by atoms with E-state index in [1.807, 2.05) is 0 Å². The lowest BCUT2D eigenvalue weighted by Crippen LogP contribution is -2.44. The average molecular weight is 178 g/mol. The quantitative estimate of drug-likeness (QED) is 0.624. The highest BCUT2D eigenvalue weighted by molar-refractivity contribution is 5.13. The van der Waals surface area contributed by atoms with Crippen molar-refractivity contribution in [1.82, 2.24) is 0 Å². The van der Waals surface area contributed by atoms with Gasteiger partial charge in [0.05, 0.1) is 20.1 Å². The fraction of sp³-hybridized carbons (Fsp3) is 0.500. The predicted octanol–water partition coefficient (Wildman–Crippen LogP) is 2.67. The SMILES string of the molecule is CC(C)[N+](C)(C)Cc1ccccc1. The molecule has 0 saturated heterocycles. The van der Waals surface area contributed by atoms with Crippen molar-refractivity contribution in [3.05, 3.63) is 35.9 Å². The van der Waals surface area contributed by atoms with E-state index in [4.69, 9.17) is 0 Å². The van der Waals surface area contributed by atoms with E-state index in [-0.39, 0.29) is 0 Å². The van der Waals surface area contributed by atoms with Crippen LogP contribution in [0.5, 0.6) is 0 Å². The van der Waals surface area contributed by atoms with E-state index in [2.05, 4.69) is 58.3 Å². The summed E-state index contributed by atoms with van der Waals surface area (Å²) in [5.41, 5.74) is 1.42. The Hall–Kier alpha value is -0.820. The molecule has 0 heterocycles. The van der Waals surface area contributed by atoms with Gasteiger partial charge in [0.25, 0.3) is 0 Å². The average Bonchev–Trinajstić information content (AvgIpc) is 2.05. The monoisotopic (exact) mass is 178 g/mol. The zero-order valence-corrected chi connectivity index (χ0v) is 9.12. The second-order valence-corrected chi connectivity index (χ2v) is 4.52. The highest BCUT2D eigenvalue weighted by Crippen LogP contribution is 2.12. The lowest BCUT2D eigenvalue weighted by molar-refractivity contribution is -0.924. The van der Waals surface area contributed by atoms with Gasteiger partial charge >= 0.3 is 0 Å². The third-order valence-electron chi connectivity index (χ3n) is 2.83. The summed E-state index contributed by atoms with van der Waals surface area (Å²) in [4.78, 5) is 0. The molecule has 0 aromatic heterocycles. The third kappa shape index (κ3) is 2.85. The summed E-state index contributed by atoms with van der Waals surface area (Å²) in [7, 11) is 4.55. The van der Waals surface area contributed by atoms with Gasteiger partial charge in [-0.2, -0.15) is 0 Å². The van der Waals surface area contributed by atoms with Gasteiger partial charge in [-0.25, -0.2) is 0 Å². The molecule has 0 N–H and O–H groups in total. The molecule has 0 aliphatic carbocycles. The summed E-state index contributed by atoms with van der Waals surface area (Å²) in [6, 6.07) is 11.3. The number of quaternary nitrogens is 1. The van der Waals surface area contributed by atoms with Crippen LogP contribution < -0.4 is 0 Å². The molecular weight excluding hydrogens is 158 g/mol. The van der Waals surface area contributed by atoms with E-state index in [0.717, 1.165) is 11.0 Å². The molecule has 1 rings (SSSR count). The van der Waals surface area contributed by atoms with Gasteiger partial charge in [0.2, 0.25) is 0 Å². The molecule has 72 valence electrons. The van der Waals surface area contributed by atoms with Crippen LogP contribution in [-0.4, -0.2) is 24.6 Å². The summed E-state index contributed by atoms with van der Waals surface area (Å²) in [6.45, 7) is 5.64. The van der Waals surface area contributed by atoms with Crippen molar-refractivity contribution in [2.24, 2.45) is 0 Å². The molecule has 0 aliphatic rings. The Balaban J connectivity index is 2.69. The molecule has 0 amide bonds. The molecule has 1 aromatic carbocycles. The van der Waals surface area contributed by atoms with E-state index >= 15 is 0 Å². The summed E-state index contributed by atoms with van der Waals surface area (Å²) in [6.07, 6.45) is 0. The number of nitrogens with zero attached hydrogens (tertiary/aromatic N) is 1. The summed E-state index contributed by atoms with van der Waals surface area (Å²) >= 11 is 0. The second kappa shape index (κ2) is 3.93. The summed E-state index contributed by atoms with van der Waals surface area (Å²) < 4.78 is 1.05. The van der Waals surface area contributed by atoms with Crippen molar-refractivity contribution < 1.29 is 4.48 Å². The smallest absolute Gasteiger partial charge is 0.104 e. The Morgan fingerprint density at radius 3 is 2.08 bits per heavy atom. The van der Waals surface area contributed by atoms with Crippen LogP contribution in [-0.2, 0) is 6.54 Å². The number of rotatable bonds is 3. The maximum atomic E-state index is 2.28. The van der Waals surface area contributed by atoms with Crippen LogP contribution in [0.25, 0.3) is 0 Å². The summed E-state index contributed by atoms with van der Waals surface area (Å²) in [5, 5.41) is 0. The van der Waals surface area contributed by atoms with E-state index in [1.54, 1.807) is 0 Å². The Labute approximate surface area is 81.6 Å². The highest BCUT2D eigenvalue weighted by Gasteiger charge is 2.19. The molecule has 0 fully saturated rings. The molecule has 13 heavy (non-hydrogen) atoms. The fourth-order valence-corrected chi connectivity index (χ4v) is 1.24. The largest absolute Gasteiger partial charge is 0.323 e. The molecular formula is C12H20N+. The van der Waals surface area contributed by atoms with E-state index in [0.29, 0.717) is 6.04 Å². The third-order valence-corrected chi connectivity index (χ3v) is 2.83. The minimum atomic E-state index is 0.667. The van der Waals surface area contributed by atoms with Crippen molar-refractivity contribution in [2.75, 3.05) is 14.1 Å². The first-order chi connectivity index (χ1) is 6.02. The first kappa shape index (κ1) is 10.3. The van der Waals surface area contributed by atoms with Crippen molar-refractivity contribution in [3.63, 3.8) is 0 Å². The van der Waals surface area contributed by atoms with E-state index in [1.165, 1.54) is 5.56 Å². The summed E-state index contributed by atoms with van der Waals surface area (Å²) in [5.74, 6) is 0. The van der Waals surface area contributed by atoms with Crippen LogP contribution in [0.2, 0.25) is 0 Å². The van der Waals surface area contributed by atoms with Gasteiger partial charge in [-0.3, -0.25) is 0 Å². The maximum Gasteiger partial charge on any atom is 0.104 e. The molecule has 0 radical (unpaired) electrons. The maximum absolute atomic E-state index is 2.28. The van der Waals surface area contributed by atoms with E-state index in [9.17, 15) is 0 Å². The Morgan fingerprint density at radius 2 is 1.62 bits per heavy atom. The number of hydrogen-bond donors (Lipinski definition) is 0. The Morgan fingerprint density at radius 1 is 1.08 bits per heavy atom. The molecule has 0 saturated carbocycles. The normalized spacial score (nSPS) is 12.1. The standard InChI is InChI=1S/C12H20N/c1-11(2)13(3,4)10-12-8-6-5-7-9-12/h5-9,11H,10H2,1-4H3/q+1. The number of hydrogen-bond acceptors (Lipinski definition) is 0. The highest BCUT2D eigenvalue weighted by atomic mass is 15.3. The fourth-order valence-electron chi connectivity index (χ4n) is 1.24. The first-order valence-corrected chi connectivity index (χ1v) is 4.89. The molecule has 0 atom stereocenters. The second-order valence-electron chi connectivity index (χ2n) is 4.52. The van der Waals surface area contributed by atoms with E-state index < -0.39 is 0 Å². The van der Waals surface area contributed by atoms with Crippen molar-refractivity contribution in [3.8, 4) is 0 Å². The zero-order chi connectivity index (χ0) is 9.90. The lowest BCUT2D eigenvalue weighted by Gasteiger charge is -2.34. The topological polar surface area (TPSA) is 0 Å². The lowest BCUT2D eigenvalue weighted by atomic mass is 10.1. The van der Waals surface area contributed by atoms with Crippen molar-refractivity contribution in [1.29, 1.82) is 0 Å². The van der Waals surface area contributed by atoms with Crippen LogP contribution >= 0.6 is 0 Å². The minimum absolute atomic E-state index is 0.667. The molecule has 0 aliphatic heterocycles. The molecule has 0 spiro atoms. The van der Waals surface area contributed by atoms with Gasteiger partial charge in [-0.15, -0.1) is 0 Å². The molecule has 0 unspecified atom stereocenters. The van der Waals surface area contributed by atoms with Gasteiger partial charge in [0, 0.05) is 5.56 Å². The van der Waals surface area contributed by atoms with Crippen LogP contribution in [0.3, 0.4) is 0 Å². The van der Waals surface area contributed by atoms with Gasteiger partial charge < -0.3 is 4.48 Å². The molecule has 1 aromatic rings. The van der Waals surface area contributed by atoms with Crippen molar-refractivity contribution in [2.45, 2.75) is 26.4 Å². The van der Waals surface area contributed by atoms with Gasteiger partial charge in [-0.05, 0) is 13.8 Å². The van der Waals surface area contributed by atoms with Crippen LogP contribution in [0.15, 0.2) is 30.3 Å². The molecule has 1 heteroatoms. The molecule has 1 nitrogen and oxygen atoms in total. The van der Waals surface area contributed by atoms with Crippen LogP contribution in [0.4, 0.5) is 0 Å². The van der Waals surface area contributed by atoms with Gasteiger partial charge in [-0.1, -0.05) is 30.3 Å². The predicted molar refractivity (Wildman–Crippen MR) is 57.4 cm³/mol. The minimum Gasteiger partial charge on any atom is -0.323 e. The van der Waals surface area contributed by atoms with Gasteiger partial charge in [0.1, 0.15) is 6.54 Å². The number of benzene rings is 1. The molecule has 0 bridgehead atoms. The Bertz CT molecular complexity index is 249. The van der Waals surface area contributed by atoms with Gasteiger partial charge in [0.15, 0.2) is 0 Å². The van der Waals surface area contributed by atoms with Crippen LogP contribution in [0.1, 0.15) is 19.4 Å². The Kier molecular flexibility index (Phi) is 3.10. The van der Waals surface area contributed by atoms with Crippen molar-refractivity contribution >= 4 is 0 Å².